The van der Waals surface area contributed by atoms with Crippen molar-refractivity contribution in [1.82, 2.24) is 5.32 Å². The van der Waals surface area contributed by atoms with Crippen LogP contribution in [0.15, 0.2) is 30.4 Å². The van der Waals surface area contributed by atoms with Gasteiger partial charge in [-0.1, -0.05) is 30.2 Å². The fourth-order valence-corrected chi connectivity index (χ4v) is 2.36. The number of hydrogen-bond donors (Lipinski definition) is 1. The van der Waals surface area contributed by atoms with E-state index in [9.17, 15) is 0 Å². The van der Waals surface area contributed by atoms with Gasteiger partial charge in [-0.15, -0.1) is 6.58 Å². The van der Waals surface area contributed by atoms with Crippen LogP contribution in [0.2, 0.25) is 5.02 Å². The average molecular weight is 266 g/mol. The second-order valence-corrected chi connectivity index (χ2v) is 5.50. The lowest BCUT2D eigenvalue weighted by Crippen LogP contribution is -2.22. The maximum atomic E-state index is 6.15. The molecular weight excluding hydrogens is 242 g/mol. The van der Waals surface area contributed by atoms with Crippen molar-refractivity contribution in [2.24, 2.45) is 0 Å². The van der Waals surface area contributed by atoms with E-state index in [-0.39, 0.29) is 0 Å². The Morgan fingerprint density at radius 2 is 2.11 bits per heavy atom. The van der Waals surface area contributed by atoms with Crippen molar-refractivity contribution >= 4 is 11.6 Å². The highest BCUT2D eigenvalue weighted by Crippen LogP contribution is 2.24. The van der Waals surface area contributed by atoms with E-state index in [1.807, 2.05) is 6.07 Å². The van der Waals surface area contributed by atoms with Gasteiger partial charge in [0, 0.05) is 11.1 Å². The number of rotatable bonds is 7. The molecule has 18 heavy (non-hydrogen) atoms. The van der Waals surface area contributed by atoms with E-state index in [4.69, 9.17) is 11.6 Å². The molecule has 0 bridgehead atoms. The van der Waals surface area contributed by atoms with Gasteiger partial charge in [0.1, 0.15) is 0 Å². The Kier molecular flexibility index (Phi) is 6.45. The van der Waals surface area contributed by atoms with Crippen molar-refractivity contribution in [2.45, 2.75) is 46.1 Å². The largest absolute Gasteiger partial charge is 0.310 e. The lowest BCUT2D eigenvalue weighted by Gasteiger charge is -2.20. The molecule has 0 aliphatic carbocycles. The summed E-state index contributed by atoms with van der Waals surface area (Å²) in [5.41, 5.74) is 3.74. The van der Waals surface area contributed by atoms with Gasteiger partial charge in [-0.2, -0.15) is 0 Å². The molecule has 0 radical (unpaired) electrons. The smallest absolute Gasteiger partial charge is 0.0411 e. The molecule has 0 aromatic heterocycles. The normalized spacial score (nSPS) is 12.4. The zero-order chi connectivity index (χ0) is 13.5. The molecule has 2 heteroatoms. The minimum atomic E-state index is 0.374. The van der Waals surface area contributed by atoms with Gasteiger partial charge in [0.2, 0.25) is 0 Å². The first-order valence-electron chi connectivity index (χ1n) is 6.67. The Hall–Kier alpha value is -0.790. The summed E-state index contributed by atoms with van der Waals surface area (Å²) in [5.74, 6) is 0. The highest BCUT2D eigenvalue weighted by molar-refractivity contribution is 6.30. The predicted octanol–water partition coefficient (Wildman–Crippen LogP) is 5.05. The summed E-state index contributed by atoms with van der Waals surface area (Å²) >= 11 is 6.15. The van der Waals surface area contributed by atoms with Crippen LogP contribution < -0.4 is 5.32 Å². The average Bonchev–Trinajstić information content (AvgIpc) is 2.27. The molecule has 1 N–H and O–H groups in total. The molecule has 0 spiro atoms. The van der Waals surface area contributed by atoms with Gasteiger partial charge < -0.3 is 5.32 Å². The fraction of sp³-hybridized carbons (Fsp3) is 0.500. The molecular formula is C16H24ClN. The van der Waals surface area contributed by atoms with E-state index >= 15 is 0 Å². The van der Waals surface area contributed by atoms with Crippen LogP contribution >= 0.6 is 11.6 Å². The standard InChI is InChI=1S/C16H24ClN/c1-5-8-18-16(7-6-12(2)3)14-9-13(4)10-15(17)11-14/h9-11,16,18H,2,5-8H2,1,3-4H3. The van der Waals surface area contributed by atoms with Crippen LogP contribution in [-0.4, -0.2) is 6.54 Å². The molecule has 0 saturated carbocycles. The number of hydrogen-bond acceptors (Lipinski definition) is 1. The summed E-state index contributed by atoms with van der Waals surface area (Å²) in [5, 5.41) is 4.42. The lowest BCUT2D eigenvalue weighted by atomic mass is 9.98. The van der Waals surface area contributed by atoms with Crippen molar-refractivity contribution in [3.05, 3.63) is 46.5 Å². The lowest BCUT2D eigenvalue weighted by molar-refractivity contribution is 0.498. The Bertz CT molecular complexity index is 378. The van der Waals surface area contributed by atoms with Crippen LogP contribution in [-0.2, 0) is 0 Å². The van der Waals surface area contributed by atoms with Gasteiger partial charge in [-0.3, -0.25) is 0 Å². The fourth-order valence-electron chi connectivity index (χ4n) is 2.06. The molecule has 0 saturated heterocycles. The minimum absolute atomic E-state index is 0.374. The molecule has 100 valence electrons. The monoisotopic (exact) mass is 265 g/mol. The molecule has 1 aromatic rings. The van der Waals surface area contributed by atoms with Crippen LogP contribution in [0.5, 0.6) is 0 Å². The molecule has 0 aliphatic heterocycles. The van der Waals surface area contributed by atoms with E-state index in [0.717, 1.165) is 30.8 Å². The second-order valence-electron chi connectivity index (χ2n) is 5.06. The van der Waals surface area contributed by atoms with E-state index in [2.05, 4.69) is 44.8 Å². The van der Waals surface area contributed by atoms with Crippen LogP contribution in [0.1, 0.15) is 50.3 Å². The van der Waals surface area contributed by atoms with Gasteiger partial charge in [-0.05, 0) is 62.9 Å². The summed E-state index contributed by atoms with van der Waals surface area (Å²) in [6.07, 6.45) is 3.27. The molecule has 1 nitrogen and oxygen atoms in total. The first kappa shape index (κ1) is 15.3. The van der Waals surface area contributed by atoms with Gasteiger partial charge in [0.25, 0.3) is 0 Å². The zero-order valence-corrected chi connectivity index (χ0v) is 12.5. The molecule has 0 fully saturated rings. The first-order valence-corrected chi connectivity index (χ1v) is 7.05. The molecule has 0 aliphatic rings. The number of halogens is 1. The molecule has 1 unspecified atom stereocenters. The zero-order valence-electron chi connectivity index (χ0n) is 11.7. The van der Waals surface area contributed by atoms with E-state index < -0.39 is 0 Å². The Labute approximate surface area is 116 Å². The molecule has 1 atom stereocenters. The molecule has 0 amide bonds. The molecule has 1 aromatic carbocycles. The second kappa shape index (κ2) is 7.60. The highest BCUT2D eigenvalue weighted by atomic mass is 35.5. The van der Waals surface area contributed by atoms with Crippen LogP contribution in [0.3, 0.4) is 0 Å². The number of allylic oxidation sites excluding steroid dienone is 1. The van der Waals surface area contributed by atoms with Gasteiger partial charge >= 0.3 is 0 Å². The van der Waals surface area contributed by atoms with E-state index in [1.165, 1.54) is 16.7 Å². The minimum Gasteiger partial charge on any atom is -0.310 e. The predicted molar refractivity (Wildman–Crippen MR) is 81.3 cm³/mol. The number of aryl methyl sites for hydroxylation is 1. The SMILES string of the molecule is C=C(C)CCC(NCCC)c1cc(C)cc(Cl)c1. The van der Waals surface area contributed by atoms with Gasteiger partial charge in [-0.25, -0.2) is 0 Å². The van der Waals surface area contributed by atoms with Crippen LogP contribution in [0.25, 0.3) is 0 Å². The summed E-state index contributed by atoms with van der Waals surface area (Å²) in [7, 11) is 0. The van der Waals surface area contributed by atoms with Crippen LogP contribution in [0.4, 0.5) is 0 Å². The highest BCUT2D eigenvalue weighted by Gasteiger charge is 2.11. The summed E-state index contributed by atoms with van der Waals surface area (Å²) in [4.78, 5) is 0. The van der Waals surface area contributed by atoms with Crippen molar-refractivity contribution in [3.8, 4) is 0 Å². The van der Waals surface area contributed by atoms with E-state index in [0.29, 0.717) is 6.04 Å². The number of benzene rings is 1. The maximum absolute atomic E-state index is 6.15. The first-order chi connectivity index (χ1) is 8.52. The van der Waals surface area contributed by atoms with Crippen molar-refractivity contribution in [2.75, 3.05) is 6.54 Å². The third kappa shape index (κ3) is 5.24. The topological polar surface area (TPSA) is 12.0 Å². The van der Waals surface area contributed by atoms with Crippen LogP contribution in [0, 0.1) is 6.92 Å². The summed E-state index contributed by atoms with van der Waals surface area (Å²) in [6.45, 7) is 11.4. The Morgan fingerprint density at radius 3 is 2.67 bits per heavy atom. The van der Waals surface area contributed by atoms with Gasteiger partial charge in [0.15, 0.2) is 0 Å². The van der Waals surface area contributed by atoms with E-state index in [1.54, 1.807) is 0 Å². The maximum Gasteiger partial charge on any atom is 0.0411 e. The molecule has 0 heterocycles. The quantitative estimate of drug-likeness (QED) is 0.681. The summed E-state index contributed by atoms with van der Waals surface area (Å²) in [6, 6.07) is 6.66. The summed E-state index contributed by atoms with van der Waals surface area (Å²) < 4.78 is 0. The Balaban J connectivity index is 2.82. The number of nitrogens with one attached hydrogen (secondary N) is 1. The third-order valence-corrected chi connectivity index (χ3v) is 3.19. The van der Waals surface area contributed by atoms with Crippen molar-refractivity contribution in [3.63, 3.8) is 0 Å². The third-order valence-electron chi connectivity index (χ3n) is 2.97. The van der Waals surface area contributed by atoms with Crippen molar-refractivity contribution in [1.29, 1.82) is 0 Å². The van der Waals surface area contributed by atoms with Crippen molar-refractivity contribution < 1.29 is 0 Å². The molecule has 1 rings (SSSR count). The van der Waals surface area contributed by atoms with Gasteiger partial charge in [0.05, 0.1) is 0 Å². The Morgan fingerprint density at radius 1 is 1.39 bits per heavy atom.